The number of aryl methyl sites for hydroxylation is 2. The maximum Gasteiger partial charge on any atom is 0.263 e. The topological polar surface area (TPSA) is 68.5 Å². The van der Waals surface area contributed by atoms with Crippen LogP contribution in [-0.2, 0) is 17.8 Å². The van der Waals surface area contributed by atoms with Crippen LogP contribution in [0.15, 0.2) is 53.1 Å². The molecule has 0 aliphatic carbocycles. The van der Waals surface area contributed by atoms with Gasteiger partial charge in [0.15, 0.2) is 6.10 Å². The molecular formula is C22H25N3O3. The second-order valence-electron chi connectivity index (χ2n) is 6.80. The largest absolute Gasteiger partial charge is 0.481 e. The average molecular weight is 379 g/mol. The van der Waals surface area contributed by atoms with Gasteiger partial charge in [-0.15, -0.1) is 0 Å². The number of amides is 1. The summed E-state index contributed by atoms with van der Waals surface area (Å²) in [5.74, 6) is 1.48. The molecule has 6 heteroatoms. The lowest BCUT2D eigenvalue weighted by molar-refractivity contribution is -0.137. The van der Waals surface area contributed by atoms with E-state index < -0.39 is 6.10 Å². The molecule has 146 valence electrons. The highest BCUT2D eigenvalue weighted by Crippen LogP contribution is 2.21. The van der Waals surface area contributed by atoms with Crippen LogP contribution in [0, 0.1) is 6.92 Å². The molecule has 2 aromatic carbocycles. The van der Waals surface area contributed by atoms with Crippen LogP contribution in [0.5, 0.6) is 5.75 Å². The number of ether oxygens (including phenoxy) is 1. The van der Waals surface area contributed by atoms with Gasteiger partial charge in [-0.1, -0.05) is 54.0 Å². The van der Waals surface area contributed by atoms with Crippen molar-refractivity contribution < 1.29 is 14.1 Å². The van der Waals surface area contributed by atoms with E-state index >= 15 is 0 Å². The second-order valence-corrected chi connectivity index (χ2v) is 6.80. The van der Waals surface area contributed by atoms with E-state index in [2.05, 4.69) is 17.1 Å². The lowest BCUT2D eigenvalue weighted by Gasteiger charge is -2.21. The minimum atomic E-state index is -0.614. The number of nitrogens with zero attached hydrogens (tertiary/aromatic N) is 3. The van der Waals surface area contributed by atoms with Gasteiger partial charge in [0, 0.05) is 12.6 Å². The summed E-state index contributed by atoms with van der Waals surface area (Å²) >= 11 is 0. The van der Waals surface area contributed by atoms with Crippen LogP contribution in [0.3, 0.4) is 0 Å². The van der Waals surface area contributed by atoms with E-state index in [1.807, 2.05) is 55.5 Å². The van der Waals surface area contributed by atoms with Crippen molar-refractivity contribution in [2.24, 2.45) is 0 Å². The van der Waals surface area contributed by atoms with E-state index in [1.165, 1.54) is 4.90 Å². The standard InChI is InChI=1S/C22H25N3O3/c1-5-17-10-6-7-12-19(17)27-16(3)22(26)25(4)14-20-23-21(24-28-20)18-11-8-9-15(2)13-18/h6-13,16H,5,14H2,1-4H3/t16-/m0/s1. The number of rotatable bonds is 7. The number of carbonyl (C=O) groups excluding carboxylic acids is 1. The van der Waals surface area contributed by atoms with E-state index in [1.54, 1.807) is 14.0 Å². The molecule has 0 saturated heterocycles. The van der Waals surface area contributed by atoms with Crippen molar-refractivity contribution in [1.82, 2.24) is 15.0 Å². The molecule has 0 N–H and O–H groups in total. The number of para-hydroxylation sites is 1. The van der Waals surface area contributed by atoms with Crippen LogP contribution in [0.4, 0.5) is 0 Å². The molecule has 1 aromatic heterocycles. The summed E-state index contributed by atoms with van der Waals surface area (Å²) in [5.41, 5.74) is 3.08. The van der Waals surface area contributed by atoms with Gasteiger partial charge in [-0.3, -0.25) is 4.79 Å². The van der Waals surface area contributed by atoms with E-state index in [-0.39, 0.29) is 12.5 Å². The van der Waals surface area contributed by atoms with Crippen molar-refractivity contribution in [3.63, 3.8) is 0 Å². The third-order valence-electron chi connectivity index (χ3n) is 4.50. The molecule has 1 atom stereocenters. The number of hydrogen-bond donors (Lipinski definition) is 0. The molecule has 0 unspecified atom stereocenters. The van der Waals surface area contributed by atoms with Gasteiger partial charge in [-0.25, -0.2) is 0 Å². The molecule has 0 aliphatic heterocycles. The van der Waals surface area contributed by atoms with Gasteiger partial charge in [0.1, 0.15) is 5.75 Å². The molecule has 0 saturated carbocycles. The highest BCUT2D eigenvalue weighted by atomic mass is 16.5. The van der Waals surface area contributed by atoms with Crippen LogP contribution in [0.25, 0.3) is 11.4 Å². The molecule has 1 amide bonds. The highest BCUT2D eigenvalue weighted by molar-refractivity contribution is 5.80. The molecule has 1 heterocycles. The van der Waals surface area contributed by atoms with Crippen molar-refractivity contribution in [1.29, 1.82) is 0 Å². The normalized spacial score (nSPS) is 11.9. The summed E-state index contributed by atoms with van der Waals surface area (Å²) in [6, 6.07) is 15.6. The smallest absolute Gasteiger partial charge is 0.263 e. The Balaban J connectivity index is 1.64. The zero-order valence-corrected chi connectivity index (χ0v) is 16.7. The first-order valence-corrected chi connectivity index (χ1v) is 9.37. The first-order valence-electron chi connectivity index (χ1n) is 9.37. The Morgan fingerprint density at radius 3 is 2.75 bits per heavy atom. The Bertz CT molecular complexity index is 951. The predicted molar refractivity (Wildman–Crippen MR) is 107 cm³/mol. The summed E-state index contributed by atoms with van der Waals surface area (Å²) in [6.45, 7) is 6.04. The summed E-state index contributed by atoms with van der Waals surface area (Å²) in [4.78, 5) is 18.6. The van der Waals surface area contributed by atoms with Gasteiger partial charge in [0.05, 0.1) is 6.54 Å². The highest BCUT2D eigenvalue weighted by Gasteiger charge is 2.22. The van der Waals surface area contributed by atoms with Crippen LogP contribution >= 0.6 is 0 Å². The van der Waals surface area contributed by atoms with Crippen molar-refractivity contribution in [3.8, 4) is 17.1 Å². The molecule has 0 spiro atoms. The molecule has 6 nitrogen and oxygen atoms in total. The predicted octanol–water partition coefficient (Wildman–Crippen LogP) is 4.03. The summed E-state index contributed by atoms with van der Waals surface area (Å²) in [5, 5.41) is 4.02. The molecule has 3 rings (SSSR count). The van der Waals surface area contributed by atoms with E-state index in [9.17, 15) is 4.79 Å². The fourth-order valence-electron chi connectivity index (χ4n) is 2.96. The van der Waals surface area contributed by atoms with Crippen LogP contribution < -0.4 is 4.74 Å². The van der Waals surface area contributed by atoms with E-state index in [0.29, 0.717) is 11.7 Å². The molecule has 28 heavy (non-hydrogen) atoms. The van der Waals surface area contributed by atoms with Gasteiger partial charge in [-0.2, -0.15) is 4.98 Å². The Morgan fingerprint density at radius 1 is 1.21 bits per heavy atom. The first-order chi connectivity index (χ1) is 13.5. The number of likely N-dealkylation sites (N-methyl/N-ethyl adjacent to an activating group) is 1. The lowest BCUT2D eigenvalue weighted by atomic mass is 10.1. The quantitative estimate of drug-likeness (QED) is 0.620. The van der Waals surface area contributed by atoms with Crippen molar-refractivity contribution in [2.75, 3.05) is 7.05 Å². The number of hydrogen-bond acceptors (Lipinski definition) is 5. The second kappa shape index (κ2) is 8.69. The Morgan fingerprint density at radius 2 is 2.00 bits per heavy atom. The fraction of sp³-hybridized carbons (Fsp3) is 0.318. The third kappa shape index (κ3) is 4.57. The van der Waals surface area contributed by atoms with Gasteiger partial charge in [0.25, 0.3) is 5.91 Å². The zero-order valence-electron chi connectivity index (χ0n) is 16.7. The molecule has 0 fully saturated rings. The maximum absolute atomic E-state index is 12.7. The van der Waals surface area contributed by atoms with Gasteiger partial charge >= 0.3 is 0 Å². The summed E-state index contributed by atoms with van der Waals surface area (Å²) < 4.78 is 11.2. The Kier molecular flexibility index (Phi) is 6.09. The van der Waals surface area contributed by atoms with Crippen LogP contribution in [0.2, 0.25) is 0 Å². The van der Waals surface area contributed by atoms with E-state index in [4.69, 9.17) is 9.26 Å². The zero-order chi connectivity index (χ0) is 20.1. The summed E-state index contributed by atoms with van der Waals surface area (Å²) in [7, 11) is 1.70. The average Bonchev–Trinajstić information content (AvgIpc) is 3.16. The number of carbonyl (C=O) groups is 1. The number of benzene rings is 2. The molecular weight excluding hydrogens is 354 g/mol. The molecule has 0 radical (unpaired) electrons. The Labute approximate surface area is 165 Å². The van der Waals surface area contributed by atoms with E-state index in [0.717, 1.165) is 28.9 Å². The van der Waals surface area contributed by atoms with Gasteiger partial charge in [0.2, 0.25) is 11.7 Å². The SMILES string of the molecule is CCc1ccccc1O[C@@H](C)C(=O)N(C)Cc1nc(-c2cccc(C)c2)no1. The number of aromatic nitrogens is 2. The summed E-state index contributed by atoms with van der Waals surface area (Å²) in [6.07, 6.45) is 0.230. The molecule has 0 aliphatic rings. The minimum absolute atomic E-state index is 0.152. The first kappa shape index (κ1) is 19.6. The fourth-order valence-corrected chi connectivity index (χ4v) is 2.96. The third-order valence-corrected chi connectivity index (χ3v) is 4.50. The van der Waals surface area contributed by atoms with Crippen molar-refractivity contribution >= 4 is 5.91 Å². The van der Waals surface area contributed by atoms with Gasteiger partial charge in [-0.05, 0) is 38.0 Å². The van der Waals surface area contributed by atoms with Crippen molar-refractivity contribution in [3.05, 3.63) is 65.5 Å². The maximum atomic E-state index is 12.7. The van der Waals surface area contributed by atoms with Gasteiger partial charge < -0.3 is 14.2 Å². The minimum Gasteiger partial charge on any atom is -0.481 e. The monoisotopic (exact) mass is 379 g/mol. The Hall–Kier alpha value is -3.15. The van der Waals surface area contributed by atoms with Crippen LogP contribution in [0.1, 0.15) is 30.9 Å². The van der Waals surface area contributed by atoms with Crippen LogP contribution in [-0.4, -0.2) is 34.1 Å². The lowest BCUT2D eigenvalue weighted by Crippen LogP contribution is -2.37. The molecule has 0 bridgehead atoms. The van der Waals surface area contributed by atoms with Crippen molar-refractivity contribution in [2.45, 2.75) is 39.8 Å². The molecule has 3 aromatic rings.